The molecule has 1 heterocycles. The van der Waals surface area contributed by atoms with E-state index in [0.717, 1.165) is 0 Å². The Morgan fingerprint density at radius 1 is 1.59 bits per heavy atom. The van der Waals surface area contributed by atoms with Gasteiger partial charge in [-0.05, 0) is 18.0 Å². The maximum Gasteiger partial charge on any atom is 0.124 e. The van der Waals surface area contributed by atoms with Crippen molar-refractivity contribution in [3.63, 3.8) is 0 Å². The lowest BCUT2D eigenvalue weighted by atomic mass is 10.1. The first-order valence-corrected chi connectivity index (χ1v) is 5.22. The van der Waals surface area contributed by atoms with E-state index in [2.05, 4.69) is 15.0 Å². The van der Waals surface area contributed by atoms with Crippen LogP contribution in [-0.2, 0) is 0 Å². The van der Waals surface area contributed by atoms with Gasteiger partial charge in [-0.3, -0.25) is 4.98 Å². The van der Waals surface area contributed by atoms with Crippen molar-refractivity contribution in [2.24, 2.45) is 5.11 Å². The Morgan fingerprint density at radius 2 is 2.29 bits per heavy atom. The summed E-state index contributed by atoms with van der Waals surface area (Å²) in [7, 11) is 0. The molecule has 0 radical (unpaired) electrons. The van der Waals surface area contributed by atoms with Gasteiger partial charge in [-0.25, -0.2) is 0 Å². The summed E-state index contributed by atoms with van der Waals surface area (Å²) in [5, 5.41) is 23.0. The van der Waals surface area contributed by atoms with Crippen LogP contribution in [0, 0.1) is 0 Å². The van der Waals surface area contributed by atoms with E-state index in [1.54, 1.807) is 0 Å². The Hall–Kier alpha value is -1.53. The predicted octanol–water partition coefficient (Wildman–Crippen LogP) is 1.41. The second-order valence-corrected chi connectivity index (χ2v) is 3.82. The Bertz CT molecular complexity index is 435. The largest absolute Gasteiger partial charge is 0.397 e. The number of aliphatic hydroxyl groups excluding tert-OH is 2. The maximum atomic E-state index is 9.79. The van der Waals surface area contributed by atoms with Crippen LogP contribution in [0.25, 0.3) is 10.4 Å². The molecular formula is C9H12ClN5O2. The van der Waals surface area contributed by atoms with Gasteiger partial charge in [-0.15, -0.1) is 0 Å². The smallest absolute Gasteiger partial charge is 0.124 e. The Labute approximate surface area is 102 Å². The van der Waals surface area contributed by atoms with Gasteiger partial charge < -0.3 is 15.9 Å². The van der Waals surface area contributed by atoms with Crippen LogP contribution in [0.4, 0.5) is 5.69 Å². The fourth-order valence-electron chi connectivity index (χ4n) is 1.29. The number of aliphatic hydroxyl groups is 2. The van der Waals surface area contributed by atoms with Gasteiger partial charge in [-0.2, -0.15) is 0 Å². The number of nitrogens with zero attached hydrogens (tertiary/aromatic N) is 4. The number of nitrogens with two attached hydrogens (primary N) is 1. The highest BCUT2D eigenvalue weighted by Crippen LogP contribution is 2.24. The minimum Gasteiger partial charge on any atom is -0.397 e. The fourth-order valence-corrected chi connectivity index (χ4v) is 1.45. The average molecular weight is 258 g/mol. The van der Waals surface area contributed by atoms with Crippen molar-refractivity contribution in [1.82, 2.24) is 4.98 Å². The molecule has 0 saturated carbocycles. The number of pyridine rings is 1. The molecule has 92 valence electrons. The zero-order valence-corrected chi connectivity index (χ0v) is 9.62. The monoisotopic (exact) mass is 257 g/mol. The third kappa shape index (κ3) is 3.76. The minimum atomic E-state index is -1.24. The van der Waals surface area contributed by atoms with Gasteiger partial charge >= 0.3 is 0 Å². The van der Waals surface area contributed by atoms with Crippen LogP contribution in [-0.4, -0.2) is 27.8 Å². The van der Waals surface area contributed by atoms with Crippen molar-refractivity contribution in [2.45, 2.75) is 18.6 Å². The predicted molar refractivity (Wildman–Crippen MR) is 63.3 cm³/mol. The molecule has 1 aromatic rings. The highest BCUT2D eigenvalue weighted by Gasteiger charge is 2.21. The molecular weight excluding hydrogens is 246 g/mol. The number of aromatic nitrogens is 1. The molecule has 7 nitrogen and oxygen atoms in total. The Balaban J connectivity index is 2.73. The second kappa shape index (κ2) is 6.27. The van der Waals surface area contributed by atoms with Crippen molar-refractivity contribution in [1.29, 1.82) is 0 Å². The van der Waals surface area contributed by atoms with E-state index in [0.29, 0.717) is 5.02 Å². The minimum absolute atomic E-state index is 0.0855. The topological polar surface area (TPSA) is 128 Å². The summed E-state index contributed by atoms with van der Waals surface area (Å²) >= 11 is 5.66. The molecule has 0 bridgehead atoms. The first-order chi connectivity index (χ1) is 8.06. The lowest BCUT2D eigenvalue weighted by molar-refractivity contribution is 0.0130. The molecule has 0 spiro atoms. The molecule has 8 heteroatoms. The lowest BCUT2D eigenvalue weighted by Gasteiger charge is -2.17. The molecule has 0 amide bonds. The van der Waals surface area contributed by atoms with E-state index >= 15 is 0 Å². The van der Waals surface area contributed by atoms with E-state index in [9.17, 15) is 10.2 Å². The molecule has 0 aliphatic rings. The normalized spacial score (nSPS) is 13.8. The summed E-state index contributed by atoms with van der Waals surface area (Å²) in [6.07, 6.45) is -0.886. The van der Waals surface area contributed by atoms with Crippen molar-refractivity contribution in [2.75, 3.05) is 12.3 Å². The zero-order valence-electron chi connectivity index (χ0n) is 8.86. The van der Waals surface area contributed by atoms with Gasteiger partial charge in [0.1, 0.15) is 6.10 Å². The SMILES string of the molecule is [N-]=[N+]=NCCC(O)C(O)c1ncc(Cl)cc1N. The summed E-state index contributed by atoms with van der Waals surface area (Å²) in [4.78, 5) is 6.40. The molecule has 0 aliphatic heterocycles. The number of anilines is 1. The number of hydrogen-bond donors (Lipinski definition) is 3. The quantitative estimate of drug-likeness (QED) is 0.418. The molecule has 0 aliphatic carbocycles. The van der Waals surface area contributed by atoms with Crippen molar-refractivity contribution in [3.8, 4) is 0 Å². The molecule has 1 aromatic heterocycles. The Kier molecular flexibility index (Phi) is 4.99. The first-order valence-electron chi connectivity index (χ1n) is 4.84. The third-order valence-corrected chi connectivity index (χ3v) is 2.36. The van der Waals surface area contributed by atoms with Crippen LogP contribution in [0.2, 0.25) is 5.02 Å². The summed E-state index contributed by atoms with van der Waals surface area (Å²) in [6.45, 7) is 0.0855. The second-order valence-electron chi connectivity index (χ2n) is 3.38. The van der Waals surface area contributed by atoms with Crippen LogP contribution in [0.1, 0.15) is 18.2 Å². The molecule has 4 N–H and O–H groups in total. The summed E-state index contributed by atoms with van der Waals surface area (Å²) in [5.41, 5.74) is 14.0. The molecule has 2 atom stereocenters. The van der Waals surface area contributed by atoms with Crippen LogP contribution < -0.4 is 5.73 Å². The highest BCUT2D eigenvalue weighted by molar-refractivity contribution is 6.30. The van der Waals surface area contributed by atoms with Gasteiger partial charge in [-0.1, -0.05) is 16.7 Å². The van der Waals surface area contributed by atoms with E-state index in [1.807, 2.05) is 0 Å². The summed E-state index contributed by atoms with van der Waals surface area (Å²) < 4.78 is 0. The fraction of sp³-hybridized carbons (Fsp3) is 0.444. The van der Waals surface area contributed by atoms with E-state index in [-0.39, 0.29) is 24.3 Å². The molecule has 0 saturated heterocycles. The summed E-state index contributed by atoms with van der Waals surface area (Å²) in [6, 6.07) is 1.44. The molecule has 0 fully saturated rings. The van der Waals surface area contributed by atoms with E-state index in [1.165, 1.54) is 12.3 Å². The number of azide groups is 1. The standard InChI is InChI=1S/C9H12ClN5O2/c10-5-3-6(11)8(13-4-5)9(17)7(16)1-2-14-15-12/h3-4,7,9,16-17H,1-2,11H2. The van der Waals surface area contributed by atoms with Crippen molar-refractivity contribution in [3.05, 3.63) is 33.4 Å². The van der Waals surface area contributed by atoms with Crippen molar-refractivity contribution < 1.29 is 10.2 Å². The first kappa shape index (κ1) is 13.5. The number of halogens is 1. The van der Waals surface area contributed by atoms with Gasteiger partial charge in [0.2, 0.25) is 0 Å². The van der Waals surface area contributed by atoms with E-state index in [4.69, 9.17) is 22.9 Å². The van der Waals surface area contributed by atoms with Crippen LogP contribution in [0.5, 0.6) is 0 Å². The van der Waals surface area contributed by atoms with Gasteiger partial charge in [0.05, 0.1) is 22.5 Å². The van der Waals surface area contributed by atoms with Gasteiger partial charge in [0, 0.05) is 17.7 Å². The maximum absolute atomic E-state index is 9.79. The van der Waals surface area contributed by atoms with Crippen LogP contribution in [0.15, 0.2) is 17.4 Å². The third-order valence-electron chi connectivity index (χ3n) is 2.15. The number of rotatable bonds is 5. The van der Waals surface area contributed by atoms with Gasteiger partial charge in [0.15, 0.2) is 0 Å². The molecule has 1 rings (SSSR count). The number of nitrogen functional groups attached to an aromatic ring is 1. The zero-order chi connectivity index (χ0) is 12.8. The molecule has 0 aromatic carbocycles. The average Bonchev–Trinajstić information content (AvgIpc) is 2.28. The number of hydrogen-bond acceptors (Lipinski definition) is 5. The van der Waals surface area contributed by atoms with Crippen molar-refractivity contribution >= 4 is 17.3 Å². The highest BCUT2D eigenvalue weighted by atomic mass is 35.5. The molecule has 17 heavy (non-hydrogen) atoms. The summed E-state index contributed by atoms with van der Waals surface area (Å²) in [5.74, 6) is 0. The van der Waals surface area contributed by atoms with Gasteiger partial charge in [0.25, 0.3) is 0 Å². The van der Waals surface area contributed by atoms with E-state index < -0.39 is 12.2 Å². The van der Waals surface area contributed by atoms with Crippen LogP contribution in [0.3, 0.4) is 0 Å². The Morgan fingerprint density at radius 3 is 2.88 bits per heavy atom. The van der Waals surface area contributed by atoms with Crippen LogP contribution >= 0.6 is 11.6 Å². The molecule has 2 unspecified atom stereocenters. The lowest BCUT2D eigenvalue weighted by Crippen LogP contribution is -2.21.